The molecule has 0 saturated carbocycles. The molecule has 1 nitrogen and oxygen atoms in total. The Labute approximate surface area is 87.7 Å². The van der Waals surface area contributed by atoms with Crippen molar-refractivity contribution in [3.05, 3.63) is 29.3 Å². The Morgan fingerprint density at radius 2 is 1.83 bits per heavy atom. The highest BCUT2D eigenvalue weighted by molar-refractivity contribution is 14.1. The van der Waals surface area contributed by atoms with Crippen LogP contribution in [0.3, 0.4) is 0 Å². The second-order valence-corrected chi connectivity index (χ2v) is 3.96. The van der Waals surface area contributed by atoms with E-state index in [0.717, 1.165) is 11.0 Å². The molecule has 12 heavy (non-hydrogen) atoms. The lowest BCUT2D eigenvalue weighted by molar-refractivity contribution is 1.21. The van der Waals surface area contributed by atoms with Gasteiger partial charge in [0.25, 0.3) is 0 Å². The first-order valence-electron chi connectivity index (χ1n) is 4.11. The summed E-state index contributed by atoms with van der Waals surface area (Å²) in [5.74, 6) is 0. The van der Waals surface area contributed by atoms with Gasteiger partial charge in [-0.2, -0.15) is 0 Å². The van der Waals surface area contributed by atoms with E-state index in [2.05, 4.69) is 60.0 Å². The maximum atomic E-state index is 3.42. The Bertz CT molecular complexity index is 238. The predicted molar refractivity (Wildman–Crippen MR) is 63.3 cm³/mol. The summed E-state index contributed by atoms with van der Waals surface area (Å²) < 4.78 is 1.14. The fraction of sp³-hybridized carbons (Fsp3) is 0.400. The van der Waals surface area contributed by atoms with Crippen LogP contribution in [-0.2, 0) is 0 Å². The highest BCUT2D eigenvalue weighted by atomic mass is 127. The van der Waals surface area contributed by atoms with E-state index in [1.807, 2.05) is 0 Å². The minimum atomic E-state index is 1.05. The van der Waals surface area contributed by atoms with Crippen LogP contribution >= 0.6 is 22.6 Å². The molecular formula is C10H14IN. The van der Waals surface area contributed by atoms with Crippen molar-refractivity contribution in [3.63, 3.8) is 0 Å². The number of hydrogen-bond acceptors (Lipinski definition) is 1. The van der Waals surface area contributed by atoms with Gasteiger partial charge in [0.1, 0.15) is 0 Å². The molecule has 0 aliphatic heterocycles. The Balaban J connectivity index is 2.81. The van der Waals surface area contributed by atoms with Gasteiger partial charge in [0.15, 0.2) is 0 Å². The molecule has 2 heteroatoms. The average molecular weight is 275 g/mol. The van der Waals surface area contributed by atoms with Gasteiger partial charge in [-0.15, -0.1) is 0 Å². The topological polar surface area (TPSA) is 12.0 Å². The van der Waals surface area contributed by atoms with E-state index in [1.165, 1.54) is 16.8 Å². The van der Waals surface area contributed by atoms with Crippen LogP contribution in [0.5, 0.6) is 0 Å². The molecule has 0 saturated heterocycles. The van der Waals surface area contributed by atoms with E-state index in [1.54, 1.807) is 0 Å². The average Bonchev–Trinajstić information content (AvgIpc) is 2.04. The normalized spacial score (nSPS) is 9.92. The molecule has 1 N–H and O–H groups in total. The van der Waals surface area contributed by atoms with Crippen LogP contribution in [0.2, 0.25) is 0 Å². The lowest BCUT2D eigenvalue weighted by atomic mass is 10.1. The second-order valence-electron chi connectivity index (χ2n) is 2.88. The third kappa shape index (κ3) is 2.37. The van der Waals surface area contributed by atoms with Crippen molar-refractivity contribution >= 4 is 28.3 Å². The molecule has 0 fully saturated rings. The van der Waals surface area contributed by atoms with E-state index in [9.17, 15) is 0 Å². The van der Waals surface area contributed by atoms with Gasteiger partial charge in [0, 0.05) is 16.7 Å². The molecule has 0 unspecified atom stereocenters. The molecule has 1 aromatic rings. The fourth-order valence-electron chi connectivity index (χ4n) is 1.27. The molecule has 1 aromatic carbocycles. The number of alkyl halides is 1. The first-order valence-corrected chi connectivity index (χ1v) is 5.64. The lowest BCUT2D eigenvalue weighted by Crippen LogP contribution is -2.04. The maximum Gasteiger partial charge on any atom is 0.0399 e. The van der Waals surface area contributed by atoms with Crippen LogP contribution in [0.1, 0.15) is 11.1 Å². The molecular weight excluding hydrogens is 261 g/mol. The van der Waals surface area contributed by atoms with Crippen molar-refractivity contribution in [2.75, 3.05) is 16.3 Å². The summed E-state index contributed by atoms with van der Waals surface area (Å²) in [5.41, 5.74) is 3.97. The molecule has 0 atom stereocenters. The zero-order valence-electron chi connectivity index (χ0n) is 7.52. The Morgan fingerprint density at radius 1 is 1.25 bits per heavy atom. The largest absolute Gasteiger partial charge is 0.384 e. The zero-order chi connectivity index (χ0) is 8.97. The highest BCUT2D eigenvalue weighted by Crippen LogP contribution is 2.18. The molecule has 0 amide bonds. The SMILES string of the molecule is Cc1cccc(C)c1NCCI. The van der Waals surface area contributed by atoms with Gasteiger partial charge in [0.2, 0.25) is 0 Å². The minimum Gasteiger partial charge on any atom is -0.384 e. The van der Waals surface area contributed by atoms with E-state index in [4.69, 9.17) is 0 Å². The molecule has 0 spiro atoms. The first-order chi connectivity index (χ1) is 5.75. The Morgan fingerprint density at radius 3 is 2.33 bits per heavy atom. The number of rotatable bonds is 3. The van der Waals surface area contributed by atoms with Gasteiger partial charge in [-0.05, 0) is 25.0 Å². The van der Waals surface area contributed by atoms with Crippen LogP contribution in [0.25, 0.3) is 0 Å². The van der Waals surface area contributed by atoms with Gasteiger partial charge in [-0.1, -0.05) is 40.8 Å². The molecule has 1 rings (SSSR count). The first kappa shape index (κ1) is 9.84. The number of anilines is 1. The maximum absolute atomic E-state index is 3.42. The second kappa shape index (κ2) is 4.70. The summed E-state index contributed by atoms with van der Waals surface area (Å²) in [4.78, 5) is 0. The number of halogens is 1. The minimum absolute atomic E-state index is 1.05. The summed E-state index contributed by atoms with van der Waals surface area (Å²) in [6, 6.07) is 6.38. The standard InChI is InChI=1S/C10H14IN/c1-8-4-3-5-9(2)10(8)12-7-6-11/h3-5,12H,6-7H2,1-2H3. The number of para-hydroxylation sites is 1. The number of aryl methyl sites for hydroxylation is 2. The van der Waals surface area contributed by atoms with Crippen molar-refractivity contribution < 1.29 is 0 Å². The molecule has 0 radical (unpaired) electrons. The number of hydrogen-bond donors (Lipinski definition) is 1. The van der Waals surface area contributed by atoms with Gasteiger partial charge in [0.05, 0.1) is 0 Å². The lowest BCUT2D eigenvalue weighted by Gasteiger charge is -2.10. The van der Waals surface area contributed by atoms with Gasteiger partial charge < -0.3 is 5.32 Å². The van der Waals surface area contributed by atoms with Crippen molar-refractivity contribution in [1.82, 2.24) is 0 Å². The molecule has 0 aromatic heterocycles. The van der Waals surface area contributed by atoms with Crippen LogP contribution in [-0.4, -0.2) is 11.0 Å². The summed E-state index contributed by atoms with van der Waals surface area (Å²) in [6.07, 6.45) is 0. The summed E-state index contributed by atoms with van der Waals surface area (Å²) in [7, 11) is 0. The van der Waals surface area contributed by atoms with Crippen LogP contribution in [0.15, 0.2) is 18.2 Å². The van der Waals surface area contributed by atoms with Crippen molar-refractivity contribution in [1.29, 1.82) is 0 Å². The molecule has 0 aliphatic rings. The van der Waals surface area contributed by atoms with Crippen molar-refractivity contribution in [2.45, 2.75) is 13.8 Å². The molecule has 0 heterocycles. The monoisotopic (exact) mass is 275 g/mol. The molecule has 66 valence electrons. The quantitative estimate of drug-likeness (QED) is 0.660. The Kier molecular flexibility index (Phi) is 3.85. The molecule has 0 aliphatic carbocycles. The van der Waals surface area contributed by atoms with Gasteiger partial charge in [-0.3, -0.25) is 0 Å². The fourth-order valence-corrected chi connectivity index (χ4v) is 1.54. The van der Waals surface area contributed by atoms with Crippen LogP contribution in [0.4, 0.5) is 5.69 Å². The highest BCUT2D eigenvalue weighted by Gasteiger charge is 1.98. The zero-order valence-corrected chi connectivity index (χ0v) is 9.68. The van der Waals surface area contributed by atoms with E-state index in [-0.39, 0.29) is 0 Å². The number of nitrogens with one attached hydrogen (secondary N) is 1. The number of benzene rings is 1. The van der Waals surface area contributed by atoms with E-state index < -0.39 is 0 Å². The van der Waals surface area contributed by atoms with E-state index in [0.29, 0.717) is 0 Å². The predicted octanol–water partition coefficient (Wildman–Crippen LogP) is 3.15. The van der Waals surface area contributed by atoms with E-state index >= 15 is 0 Å². The van der Waals surface area contributed by atoms with Crippen LogP contribution < -0.4 is 5.32 Å². The smallest absolute Gasteiger partial charge is 0.0399 e. The summed E-state index contributed by atoms with van der Waals surface area (Å²) in [6.45, 7) is 5.33. The third-order valence-corrected chi connectivity index (χ3v) is 2.42. The Hall–Kier alpha value is -0.250. The van der Waals surface area contributed by atoms with Gasteiger partial charge >= 0.3 is 0 Å². The van der Waals surface area contributed by atoms with Crippen LogP contribution in [0, 0.1) is 13.8 Å². The summed E-state index contributed by atoms with van der Waals surface area (Å²) >= 11 is 2.38. The van der Waals surface area contributed by atoms with Gasteiger partial charge in [-0.25, -0.2) is 0 Å². The van der Waals surface area contributed by atoms with Crippen molar-refractivity contribution in [3.8, 4) is 0 Å². The third-order valence-electron chi connectivity index (χ3n) is 1.88. The molecule has 0 bridgehead atoms. The summed E-state index contributed by atoms with van der Waals surface area (Å²) in [5, 5.41) is 3.42. The van der Waals surface area contributed by atoms with Crippen molar-refractivity contribution in [2.24, 2.45) is 0 Å².